The highest BCUT2D eigenvalue weighted by Gasteiger charge is 2.29. The predicted molar refractivity (Wildman–Crippen MR) is 153 cm³/mol. The van der Waals surface area contributed by atoms with Crippen LogP contribution in [0.4, 0.5) is 11.4 Å². The zero-order valence-electron chi connectivity index (χ0n) is 22.1. The molecule has 194 valence electrons. The minimum absolute atomic E-state index is 0.297. The molecule has 1 aliphatic carbocycles. The van der Waals surface area contributed by atoms with Crippen LogP contribution in [-0.2, 0) is 17.7 Å². The fourth-order valence-electron chi connectivity index (χ4n) is 5.72. The molecule has 2 aromatic rings. The summed E-state index contributed by atoms with van der Waals surface area (Å²) >= 11 is 6.01. The number of carbonyl (C=O) groups is 1. The summed E-state index contributed by atoms with van der Waals surface area (Å²) in [6.45, 7) is 9.90. The van der Waals surface area contributed by atoms with E-state index < -0.39 is 0 Å². The molecular formula is C30H41N3O2S. The molecule has 36 heavy (non-hydrogen) atoms. The van der Waals surface area contributed by atoms with Crippen LogP contribution in [0.3, 0.4) is 0 Å². The lowest BCUT2D eigenvalue weighted by atomic mass is 9.84. The van der Waals surface area contributed by atoms with Crippen LogP contribution in [0.2, 0.25) is 0 Å². The van der Waals surface area contributed by atoms with Crippen molar-refractivity contribution in [3.05, 3.63) is 59.2 Å². The van der Waals surface area contributed by atoms with Crippen LogP contribution in [0.1, 0.15) is 80.8 Å². The van der Waals surface area contributed by atoms with Gasteiger partial charge in [-0.2, -0.15) is 0 Å². The summed E-state index contributed by atoms with van der Waals surface area (Å²) < 4.78 is 5.11. The molecule has 1 heterocycles. The predicted octanol–water partition coefficient (Wildman–Crippen LogP) is 6.80. The fourth-order valence-corrected chi connectivity index (χ4v) is 6.04. The number of fused-ring (bicyclic) bond motifs is 1. The number of carbonyl (C=O) groups excluding carboxylic acids is 1. The van der Waals surface area contributed by atoms with Crippen molar-refractivity contribution in [2.45, 2.75) is 78.3 Å². The lowest BCUT2D eigenvalue weighted by molar-refractivity contribution is 0.0526. The zero-order chi connectivity index (χ0) is 25.5. The van der Waals surface area contributed by atoms with Gasteiger partial charge in [-0.05, 0) is 98.6 Å². The summed E-state index contributed by atoms with van der Waals surface area (Å²) in [7, 11) is 0. The highest BCUT2D eigenvalue weighted by atomic mass is 32.1. The molecule has 0 amide bonds. The molecule has 1 N–H and O–H groups in total. The fraction of sp³-hybridized carbons (Fsp3) is 0.533. The Labute approximate surface area is 222 Å². The first-order valence-electron chi connectivity index (χ1n) is 13.7. The van der Waals surface area contributed by atoms with E-state index in [1.54, 1.807) is 12.1 Å². The third kappa shape index (κ3) is 6.39. The maximum absolute atomic E-state index is 12.0. The van der Waals surface area contributed by atoms with E-state index in [9.17, 15) is 4.79 Å². The van der Waals surface area contributed by atoms with Crippen LogP contribution in [-0.4, -0.2) is 41.7 Å². The number of esters is 1. The normalized spacial score (nSPS) is 19.4. The number of nitrogens with zero attached hydrogens (tertiary/aromatic N) is 2. The second kappa shape index (κ2) is 12.6. The van der Waals surface area contributed by atoms with Crippen molar-refractivity contribution in [1.29, 1.82) is 0 Å². The Bertz CT molecular complexity index is 1040. The van der Waals surface area contributed by atoms with Gasteiger partial charge in [-0.25, -0.2) is 4.79 Å². The molecule has 6 heteroatoms. The summed E-state index contributed by atoms with van der Waals surface area (Å²) in [4.78, 5) is 17.0. The maximum Gasteiger partial charge on any atom is 0.338 e. The largest absolute Gasteiger partial charge is 0.462 e. The summed E-state index contributed by atoms with van der Waals surface area (Å²) in [6, 6.07) is 14.9. The van der Waals surface area contributed by atoms with E-state index >= 15 is 0 Å². The molecule has 1 aliphatic heterocycles. The van der Waals surface area contributed by atoms with Gasteiger partial charge in [0.05, 0.1) is 12.2 Å². The van der Waals surface area contributed by atoms with E-state index in [0.717, 1.165) is 36.9 Å². The molecule has 4 rings (SSSR count). The number of thiocarbonyl (C=S) groups is 1. The molecule has 0 aromatic heterocycles. The van der Waals surface area contributed by atoms with E-state index in [1.165, 1.54) is 55.3 Å². The molecule has 1 fully saturated rings. The smallest absolute Gasteiger partial charge is 0.338 e. The first-order valence-corrected chi connectivity index (χ1v) is 14.1. The first kappa shape index (κ1) is 26.5. The number of aryl methyl sites for hydroxylation is 1. The second-order valence-electron chi connectivity index (χ2n) is 10.2. The lowest BCUT2D eigenvalue weighted by Gasteiger charge is -2.40. The minimum Gasteiger partial charge on any atom is -0.462 e. The average molecular weight is 508 g/mol. The Kier molecular flexibility index (Phi) is 9.24. The summed E-state index contributed by atoms with van der Waals surface area (Å²) in [6.07, 6.45) is 8.51. The number of ether oxygens (including phenoxy) is 1. The Morgan fingerprint density at radius 3 is 2.61 bits per heavy atom. The summed E-state index contributed by atoms with van der Waals surface area (Å²) in [5, 5.41) is 4.21. The topological polar surface area (TPSA) is 44.8 Å². The van der Waals surface area contributed by atoms with Gasteiger partial charge in [0.25, 0.3) is 0 Å². The van der Waals surface area contributed by atoms with Crippen LogP contribution >= 0.6 is 12.2 Å². The molecule has 1 saturated carbocycles. The average Bonchev–Trinajstić information content (AvgIpc) is 2.88. The molecule has 0 spiro atoms. The molecular weight excluding hydrogens is 466 g/mol. The van der Waals surface area contributed by atoms with Crippen LogP contribution in [0.15, 0.2) is 42.5 Å². The van der Waals surface area contributed by atoms with Crippen molar-refractivity contribution in [2.24, 2.45) is 5.92 Å². The van der Waals surface area contributed by atoms with Crippen LogP contribution in [0.5, 0.6) is 0 Å². The molecule has 0 radical (unpaired) electrons. The number of hydrogen-bond acceptors (Lipinski definition) is 4. The standard InChI is InChI=1S/C30H41N3O2S/c1-4-18-32-19-8-10-25-20-23(12-17-28(25)32)21-33(27-11-7-6-9-22(27)3)30(36)31-26-15-13-24(14-16-26)29(34)35-5-2/h12-17,20,22,27H,4-11,18-19,21H2,1-3H3,(H,31,36)/t22-,27+/m0/s1. The zero-order valence-corrected chi connectivity index (χ0v) is 22.9. The number of nitrogens with one attached hydrogen (secondary N) is 1. The van der Waals surface area contributed by atoms with Gasteiger partial charge in [-0.1, -0.05) is 38.8 Å². The van der Waals surface area contributed by atoms with E-state index in [-0.39, 0.29) is 5.97 Å². The van der Waals surface area contributed by atoms with E-state index in [2.05, 4.69) is 47.2 Å². The Hall–Kier alpha value is -2.60. The van der Waals surface area contributed by atoms with Crippen LogP contribution < -0.4 is 10.2 Å². The summed E-state index contributed by atoms with van der Waals surface area (Å²) in [5.41, 5.74) is 5.65. The molecule has 0 bridgehead atoms. The van der Waals surface area contributed by atoms with Crippen molar-refractivity contribution >= 4 is 34.7 Å². The van der Waals surface area contributed by atoms with Crippen molar-refractivity contribution in [3.8, 4) is 0 Å². The molecule has 2 aliphatic rings. The Morgan fingerprint density at radius 1 is 1.11 bits per heavy atom. The number of rotatable bonds is 8. The van der Waals surface area contributed by atoms with Gasteiger partial charge in [-0.15, -0.1) is 0 Å². The van der Waals surface area contributed by atoms with Gasteiger partial charge < -0.3 is 19.9 Å². The van der Waals surface area contributed by atoms with Crippen molar-refractivity contribution in [3.63, 3.8) is 0 Å². The van der Waals surface area contributed by atoms with Gasteiger partial charge in [0.2, 0.25) is 0 Å². The van der Waals surface area contributed by atoms with Crippen molar-refractivity contribution in [2.75, 3.05) is 29.9 Å². The quantitative estimate of drug-likeness (QED) is 0.313. The van der Waals surface area contributed by atoms with Crippen molar-refractivity contribution < 1.29 is 9.53 Å². The second-order valence-corrected chi connectivity index (χ2v) is 10.6. The number of benzene rings is 2. The van der Waals surface area contributed by atoms with Gasteiger partial charge >= 0.3 is 5.97 Å². The first-order chi connectivity index (χ1) is 17.5. The number of anilines is 2. The Balaban J connectivity index is 1.53. The maximum atomic E-state index is 12.0. The third-order valence-electron chi connectivity index (χ3n) is 7.58. The van der Waals surface area contributed by atoms with Gasteiger partial charge in [0, 0.05) is 37.1 Å². The molecule has 0 unspecified atom stereocenters. The van der Waals surface area contributed by atoms with E-state index in [0.29, 0.717) is 24.1 Å². The van der Waals surface area contributed by atoms with Crippen LogP contribution in [0, 0.1) is 5.92 Å². The lowest BCUT2D eigenvalue weighted by Crippen LogP contribution is -2.46. The molecule has 0 saturated heterocycles. The SMILES string of the molecule is CCCN1CCCc2cc(CN(C(=S)Nc3ccc(C(=O)OCC)cc3)[C@@H]3CCCC[C@@H]3C)ccc21. The van der Waals surface area contributed by atoms with Crippen molar-refractivity contribution in [1.82, 2.24) is 4.90 Å². The number of hydrogen-bond donors (Lipinski definition) is 1. The third-order valence-corrected chi connectivity index (χ3v) is 7.92. The highest BCUT2D eigenvalue weighted by molar-refractivity contribution is 7.80. The van der Waals surface area contributed by atoms with Gasteiger partial charge in [-0.3, -0.25) is 0 Å². The Morgan fingerprint density at radius 2 is 1.89 bits per heavy atom. The molecule has 2 atom stereocenters. The van der Waals surface area contributed by atoms with E-state index in [4.69, 9.17) is 17.0 Å². The molecule has 2 aromatic carbocycles. The highest BCUT2D eigenvalue weighted by Crippen LogP contribution is 2.32. The molecule has 5 nitrogen and oxygen atoms in total. The van der Waals surface area contributed by atoms with Gasteiger partial charge in [0.1, 0.15) is 0 Å². The summed E-state index contributed by atoms with van der Waals surface area (Å²) in [5.74, 6) is 0.302. The minimum atomic E-state index is -0.297. The van der Waals surface area contributed by atoms with Crippen LogP contribution in [0.25, 0.3) is 0 Å². The monoisotopic (exact) mass is 507 g/mol. The van der Waals surface area contributed by atoms with Gasteiger partial charge in [0.15, 0.2) is 5.11 Å². The van der Waals surface area contributed by atoms with E-state index in [1.807, 2.05) is 19.1 Å².